The van der Waals surface area contributed by atoms with E-state index >= 15 is 0 Å². The van der Waals surface area contributed by atoms with E-state index in [2.05, 4.69) is 9.47 Å². The van der Waals surface area contributed by atoms with Crippen LogP contribution in [0.3, 0.4) is 0 Å². The van der Waals surface area contributed by atoms with Crippen molar-refractivity contribution in [2.45, 2.75) is 12.8 Å². The van der Waals surface area contributed by atoms with Crippen LogP contribution in [0.5, 0.6) is 0 Å². The molecule has 0 N–H and O–H groups in total. The van der Waals surface area contributed by atoms with Crippen molar-refractivity contribution in [3.8, 4) is 0 Å². The highest BCUT2D eigenvalue weighted by atomic mass is 16.6. The third kappa shape index (κ3) is 1.07. The van der Waals surface area contributed by atoms with Crippen LogP contribution in [-0.4, -0.2) is 23.9 Å². The van der Waals surface area contributed by atoms with Gasteiger partial charge in [-0.3, -0.25) is 19.2 Å². The van der Waals surface area contributed by atoms with Crippen LogP contribution in [0.15, 0.2) is 0 Å². The fourth-order valence-electron chi connectivity index (χ4n) is 2.93. The van der Waals surface area contributed by atoms with Gasteiger partial charge in [-0.2, -0.15) is 0 Å². The Bertz CT molecular complexity index is 425. The molecular formula is C10H8O6. The smallest absolute Gasteiger partial charge is 0.317 e. The average molecular weight is 224 g/mol. The van der Waals surface area contributed by atoms with E-state index < -0.39 is 47.5 Å². The molecule has 2 aliphatic heterocycles. The van der Waals surface area contributed by atoms with E-state index in [1.807, 2.05) is 0 Å². The molecule has 3 fully saturated rings. The standard InChI is InChI=1S/C10H8O6/c11-6-2-3-4-1-5(7(3)10(14)15-6)9(13)16-8(4)12/h3-5,7H,1-2H2/t3-,4-,5-,7-/m0/s1. The van der Waals surface area contributed by atoms with Gasteiger partial charge in [0.2, 0.25) is 0 Å². The summed E-state index contributed by atoms with van der Waals surface area (Å²) in [5, 5.41) is 0. The molecule has 3 aliphatic rings. The molecule has 0 unspecified atom stereocenters. The lowest BCUT2D eigenvalue weighted by atomic mass is 9.83. The van der Waals surface area contributed by atoms with Crippen LogP contribution in [0, 0.1) is 23.7 Å². The monoisotopic (exact) mass is 224 g/mol. The van der Waals surface area contributed by atoms with Crippen LogP contribution in [0.2, 0.25) is 0 Å². The lowest BCUT2D eigenvalue weighted by Gasteiger charge is -2.24. The van der Waals surface area contributed by atoms with Crippen LogP contribution >= 0.6 is 0 Å². The fraction of sp³-hybridized carbons (Fsp3) is 0.600. The summed E-state index contributed by atoms with van der Waals surface area (Å²) in [5.74, 6) is -4.83. The van der Waals surface area contributed by atoms with Crippen molar-refractivity contribution in [3.05, 3.63) is 0 Å². The number of cyclic esters (lactones) is 4. The molecule has 2 bridgehead atoms. The molecular weight excluding hydrogens is 216 g/mol. The predicted octanol–water partition coefficient (Wildman–Crippen LogP) is -0.588. The van der Waals surface area contributed by atoms with Gasteiger partial charge in [0.1, 0.15) is 0 Å². The van der Waals surface area contributed by atoms with Gasteiger partial charge in [0.15, 0.2) is 0 Å². The van der Waals surface area contributed by atoms with Gasteiger partial charge in [0, 0.05) is 0 Å². The molecule has 0 aromatic rings. The lowest BCUT2D eigenvalue weighted by Crippen LogP contribution is -2.37. The van der Waals surface area contributed by atoms with Gasteiger partial charge >= 0.3 is 23.9 Å². The first-order valence-corrected chi connectivity index (χ1v) is 5.08. The molecule has 1 saturated carbocycles. The Morgan fingerprint density at radius 3 is 2.31 bits per heavy atom. The molecule has 84 valence electrons. The summed E-state index contributed by atoms with van der Waals surface area (Å²) in [6.45, 7) is 0. The first kappa shape index (κ1) is 9.50. The van der Waals surface area contributed by atoms with Gasteiger partial charge in [0.25, 0.3) is 0 Å². The van der Waals surface area contributed by atoms with Crippen molar-refractivity contribution in [1.82, 2.24) is 0 Å². The van der Waals surface area contributed by atoms with Crippen molar-refractivity contribution in [1.29, 1.82) is 0 Å². The van der Waals surface area contributed by atoms with Gasteiger partial charge < -0.3 is 9.47 Å². The second-order valence-electron chi connectivity index (χ2n) is 4.38. The number of hydrogen-bond acceptors (Lipinski definition) is 6. The molecule has 16 heavy (non-hydrogen) atoms. The van der Waals surface area contributed by atoms with Gasteiger partial charge in [-0.15, -0.1) is 0 Å². The topological polar surface area (TPSA) is 86.7 Å². The van der Waals surface area contributed by atoms with Crippen molar-refractivity contribution in [2.75, 3.05) is 0 Å². The summed E-state index contributed by atoms with van der Waals surface area (Å²) >= 11 is 0. The summed E-state index contributed by atoms with van der Waals surface area (Å²) in [6, 6.07) is 0. The number of esters is 4. The summed E-state index contributed by atoms with van der Waals surface area (Å²) in [4.78, 5) is 45.5. The van der Waals surface area contributed by atoms with E-state index in [4.69, 9.17) is 0 Å². The van der Waals surface area contributed by atoms with Crippen LogP contribution in [0.4, 0.5) is 0 Å². The van der Waals surface area contributed by atoms with Crippen LogP contribution in [-0.2, 0) is 28.7 Å². The van der Waals surface area contributed by atoms with Crippen molar-refractivity contribution in [2.24, 2.45) is 23.7 Å². The fourth-order valence-corrected chi connectivity index (χ4v) is 2.93. The van der Waals surface area contributed by atoms with Crippen LogP contribution < -0.4 is 0 Å². The van der Waals surface area contributed by atoms with E-state index in [1.54, 1.807) is 0 Å². The molecule has 0 amide bonds. The Morgan fingerprint density at radius 1 is 0.875 bits per heavy atom. The number of carbonyl (C=O) groups excluding carboxylic acids is 4. The summed E-state index contributed by atoms with van der Waals surface area (Å²) in [6.07, 6.45) is 0.315. The van der Waals surface area contributed by atoms with Gasteiger partial charge in [0.05, 0.1) is 24.2 Å². The predicted molar refractivity (Wildman–Crippen MR) is 45.4 cm³/mol. The number of ether oxygens (including phenoxy) is 2. The minimum absolute atomic E-state index is 0.0138. The zero-order valence-electron chi connectivity index (χ0n) is 8.17. The molecule has 3 rings (SSSR count). The van der Waals surface area contributed by atoms with Crippen molar-refractivity contribution >= 4 is 23.9 Å². The molecule has 0 aromatic carbocycles. The summed E-state index contributed by atoms with van der Waals surface area (Å²) in [5.41, 5.74) is 0. The van der Waals surface area contributed by atoms with Gasteiger partial charge in [-0.05, 0) is 12.3 Å². The van der Waals surface area contributed by atoms with Crippen molar-refractivity contribution in [3.63, 3.8) is 0 Å². The molecule has 1 aliphatic carbocycles. The quantitative estimate of drug-likeness (QED) is 0.404. The molecule has 2 saturated heterocycles. The Kier molecular flexibility index (Phi) is 1.72. The number of rotatable bonds is 0. The highest BCUT2D eigenvalue weighted by Gasteiger charge is 2.60. The minimum Gasteiger partial charge on any atom is -0.393 e. The molecule has 2 heterocycles. The zero-order valence-corrected chi connectivity index (χ0v) is 8.17. The third-order valence-corrected chi connectivity index (χ3v) is 3.62. The second-order valence-corrected chi connectivity index (χ2v) is 4.38. The highest BCUT2D eigenvalue weighted by Crippen LogP contribution is 2.49. The SMILES string of the molecule is O=C1C[C@@H]2[C@H](C(=O)O1)[C@@H]1C[C@@H]2C(=O)OC1=O. The molecule has 4 atom stereocenters. The Hall–Kier alpha value is -1.72. The minimum atomic E-state index is -0.694. The van der Waals surface area contributed by atoms with E-state index in [0.29, 0.717) is 6.42 Å². The summed E-state index contributed by atoms with van der Waals surface area (Å²) in [7, 11) is 0. The maximum Gasteiger partial charge on any atom is 0.317 e. The molecule has 6 nitrogen and oxygen atoms in total. The van der Waals surface area contributed by atoms with Gasteiger partial charge in [-0.1, -0.05) is 0 Å². The lowest BCUT2D eigenvalue weighted by molar-refractivity contribution is -0.174. The first-order chi connectivity index (χ1) is 7.58. The van der Waals surface area contributed by atoms with Crippen LogP contribution in [0.25, 0.3) is 0 Å². The van der Waals surface area contributed by atoms with Crippen LogP contribution in [0.1, 0.15) is 12.8 Å². The van der Waals surface area contributed by atoms with Gasteiger partial charge in [-0.25, -0.2) is 0 Å². The number of carbonyl (C=O) groups is 4. The Morgan fingerprint density at radius 2 is 1.56 bits per heavy atom. The number of hydrogen-bond donors (Lipinski definition) is 0. The van der Waals surface area contributed by atoms with E-state index in [9.17, 15) is 19.2 Å². The zero-order chi connectivity index (χ0) is 11.4. The normalized spacial score (nSPS) is 41.5. The first-order valence-electron chi connectivity index (χ1n) is 5.08. The van der Waals surface area contributed by atoms with E-state index in [-0.39, 0.29) is 6.42 Å². The largest absolute Gasteiger partial charge is 0.393 e. The molecule has 0 spiro atoms. The van der Waals surface area contributed by atoms with Crippen molar-refractivity contribution < 1.29 is 28.7 Å². The maximum atomic E-state index is 11.5. The second kappa shape index (κ2) is 2.90. The summed E-state index contributed by atoms with van der Waals surface area (Å²) < 4.78 is 9.05. The molecule has 0 aromatic heterocycles. The Balaban J connectivity index is 2.02. The number of fused-ring (bicyclic) bond motifs is 5. The van der Waals surface area contributed by atoms with E-state index in [1.165, 1.54) is 0 Å². The average Bonchev–Trinajstić information content (AvgIpc) is 2.52. The molecule has 0 radical (unpaired) electrons. The van der Waals surface area contributed by atoms with E-state index in [0.717, 1.165) is 0 Å². The maximum absolute atomic E-state index is 11.5. The highest BCUT2D eigenvalue weighted by molar-refractivity contribution is 5.99. The third-order valence-electron chi connectivity index (χ3n) is 3.62. The molecule has 6 heteroatoms. The Labute approximate surface area is 89.9 Å².